The van der Waals surface area contributed by atoms with Crippen LogP contribution >= 0.6 is 0 Å². The molecule has 0 amide bonds. The van der Waals surface area contributed by atoms with Crippen LogP contribution in [0.1, 0.15) is 56.1 Å². The number of halogens is 6. The number of aromatic carboxylic acids is 1. The Hall–Kier alpha value is -5.68. The molecule has 5 N–H and O–H groups in total. The number of hydrogen-bond donors (Lipinski definition) is 5. The van der Waals surface area contributed by atoms with Crippen LogP contribution in [0.15, 0.2) is 60.9 Å². The summed E-state index contributed by atoms with van der Waals surface area (Å²) in [6.07, 6.45) is -5.88. The Morgan fingerprint density at radius 1 is 0.735 bits per heavy atom. The molecule has 0 bridgehead atoms. The largest absolute Gasteiger partial charge is 0.508 e. The molecule has 2 aromatic carbocycles. The van der Waals surface area contributed by atoms with E-state index in [0.717, 1.165) is 24.4 Å². The summed E-state index contributed by atoms with van der Waals surface area (Å²) >= 11 is 0. The lowest BCUT2D eigenvalue weighted by Gasteiger charge is -2.12. The van der Waals surface area contributed by atoms with Gasteiger partial charge in [0.1, 0.15) is 22.6 Å². The minimum Gasteiger partial charge on any atom is -0.508 e. The van der Waals surface area contributed by atoms with Crippen LogP contribution in [0, 0.1) is 0 Å². The summed E-state index contributed by atoms with van der Waals surface area (Å²) in [5, 5.41) is 32.8. The van der Waals surface area contributed by atoms with Gasteiger partial charge < -0.3 is 30.7 Å². The predicted octanol–water partition coefficient (Wildman–Crippen LogP) is 5.98. The number of aryl methyl sites for hydroxylation is 2. The number of esters is 1. The van der Waals surface area contributed by atoms with Gasteiger partial charge in [0.25, 0.3) is 0 Å². The first-order valence-electron chi connectivity index (χ1n) is 14.3. The van der Waals surface area contributed by atoms with E-state index in [1.54, 1.807) is 30.3 Å². The first-order chi connectivity index (χ1) is 23.1. The Kier molecular flexibility index (Phi) is 13.1. The van der Waals surface area contributed by atoms with Crippen molar-refractivity contribution in [2.75, 3.05) is 30.8 Å². The number of methoxy groups -OCH3 is 1. The first-order valence-corrected chi connectivity index (χ1v) is 14.3. The molecule has 0 aliphatic heterocycles. The number of nitrogens with one attached hydrogen (secondary N) is 2. The van der Waals surface area contributed by atoms with Gasteiger partial charge >= 0.3 is 24.3 Å². The number of aromatic hydroxyl groups is 2. The predicted molar refractivity (Wildman–Crippen MR) is 162 cm³/mol. The quantitative estimate of drug-likeness (QED) is 0.0666. The molecule has 12 nitrogen and oxygen atoms in total. The zero-order valence-corrected chi connectivity index (χ0v) is 25.6. The van der Waals surface area contributed by atoms with E-state index < -0.39 is 46.8 Å². The standard InChI is InChI=1S/C16H16F3N3O3.C15H14F3N3O3/c1-25-14(24)12-9-21-15(22-13(12)16(17,18)19)20-7-3-5-10-4-2-6-11(23)8-10;16-15(17,18)12-11(13(23)24)8-20-14(21-12)19-6-2-4-9-3-1-5-10(22)7-9/h2,4,6,8-9,23H,3,5,7H2,1H3,(H,20,21,22);1,3,5,7-8,22H,2,4,6H2,(H,23,24)(H,19,20,21). The van der Waals surface area contributed by atoms with E-state index >= 15 is 0 Å². The summed E-state index contributed by atoms with van der Waals surface area (Å²) in [4.78, 5) is 36.1. The number of alkyl halides is 6. The summed E-state index contributed by atoms with van der Waals surface area (Å²) < 4.78 is 81.9. The molecular formula is C31H30F6N6O6. The van der Waals surface area contributed by atoms with Crippen LogP contribution < -0.4 is 10.6 Å². The normalized spacial score (nSPS) is 11.2. The van der Waals surface area contributed by atoms with Crippen molar-refractivity contribution in [3.8, 4) is 11.5 Å². The second-order valence-corrected chi connectivity index (χ2v) is 10.1. The van der Waals surface area contributed by atoms with Crippen LogP contribution in [0.3, 0.4) is 0 Å². The molecule has 0 fully saturated rings. The zero-order chi connectivity index (χ0) is 36.2. The fraction of sp³-hybridized carbons (Fsp3) is 0.290. The Labute approximate surface area is 274 Å². The van der Waals surface area contributed by atoms with Crippen molar-refractivity contribution in [3.05, 3.63) is 94.6 Å². The van der Waals surface area contributed by atoms with Gasteiger partial charge in [-0.05, 0) is 61.1 Å². The van der Waals surface area contributed by atoms with E-state index in [0.29, 0.717) is 45.0 Å². The third kappa shape index (κ3) is 11.8. The lowest BCUT2D eigenvalue weighted by molar-refractivity contribution is -0.142. The number of phenolic OH excluding ortho intramolecular Hbond substituents is 2. The maximum absolute atomic E-state index is 13.0. The molecule has 2 aromatic heterocycles. The summed E-state index contributed by atoms with van der Waals surface area (Å²) in [5.41, 5.74) is -2.77. The van der Waals surface area contributed by atoms with Gasteiger partial charge in [-0.3, -0.25) is 0 Å². The second-order valence-electron chi connectivity index (χ2n) is 10.1. The van der Waals surface area contributed by atoms with E-state index in [2.05, 4.69) is 35.3 Å². The first kappa shape index (κ1) is 37.8. The number of carboxylic acids is 1. The van der Waals surface area contributed by atoms with Crippen LogP contribution in [0.25, 0.3) is 0 Å². The highest BCUT2D eigenvalue weighted by atomic mass is 19.4. The molecule has 0 aliphatic rings. The molecule has 262 valence electrons. The van der Waals surface area contributed by atoms with Crippen molar-refractivity contribution in [2.24, 2.45) is 0 Å². The van der Waals surface area contributed by atoms with E-state index in [1.807, 2.05) is 12.1 Å². The van der Waals surface area contributed by atoms with Gasteiger partial charge in [-0.2, -0.15) is 26.3 Å². The number of aromatic nitrogens is 4. The zero-order valence-electron chi connectivity index (χ0n) is 25.6. The molecular weight excluding hydrogens is 666 g/mol. The average Bonchev–Trinajstić information content (AvgIpc) is 3.04. The molecule has 2 heterocycles. The van der Waals surface area contributed by atoms with Crippen molar-refractivity contribution in [2.45, 2.75) is 38.0 Å². The van der Waals surface area contributed by atoms with Gasteiger partial charge in [-0.1, -0.05) is 24.3 Å². The molecule has 4 aromatic rings. The molecule has 49 heavy (non-hydrogen) atoms. The van der Waals surface area contributed by atoms with Crippen molar-refractivity contribution in [3.63, 3.8) is 0 Å². The smallest absolute Gasteiger partial charge is 0.434 e. The van der Waals surface area contributed by atoms with E-state index in [9.17, 15) is 46.1 Å². The van der Waals surface area contributed by atoms with Gasteiger partial charge in [-0.25, -0.2) is 29.5 Å². The van der Waals surface area contributed by atoms with Crippen molar-refractivity contribution < 1.29 is 56.0 Å². The summed E-state index contributed by atoms with van der Waals surface area (Å²) in [7, 11) is 0.982. The summed E-state index contributed by atoms with van der Waals surface area (Å²) in [6, 6.07) is 13.4. The van der Waals surface area contributed by atoms with Gasteiger partial charge in [0, 0.05) is 25.5 Å². The molecule has 4 rings (SSSR count). The highest BCUT2D eigenvalue weighted by molar-refractivity contribution is 5.90. The van der Waals surface area contributed by atoms with Crippen LogP contribution in [0.2, 0.25) is 0 Å². The minimum atomic E-state index is -4.88. The Bertz CT molecular complexity index is 1740. The number of carbonyl (C=O) groups excluding carboxylic acids is 1. The molecule has 0 aliphatic carbocycles. The summed E-state index contributed by atoms with van der Waals surface area (Å²) in [6.45, 7) is 0.615. The summed E-state index contributed by atoms with van der Waals surface area (Å²) in [5.74, 6) is -3.11. The number of nitrogens with zero attached hydrogens (tertiary/aromatic N) is 4. The fourth-order valence-corrected chi connectivity index (χ4v) is 4.19. The van der Waals surface area contributed by atoms with Gasteiger partial charge in [-0.15, -0.1) is 0 Å². The third-order valence-corrected chi connectivity index (χ3v) is 6.42. The molecule has 0 saturated carbocycles. The van der Waals surface area contributed by atoms with E-state index in [4.69, 9.17) is 5.11 Å². The van der Waals surface area contributed by atoms with E-state index in [1.165, 1.54) is 6.07 Å². The highest BCUT2D eigenvalue weighted by Crippen LogP contribution is 2.32. The Morgan fingerprint density at radius 2 is 1.16 bits per heavy atom. The van der Waals surface area contributed by atoms with Gasteiger partial charge in [0.15, 0.2) is 11.4 Å². The number of phenols is 2. The monoisotopic (exact) mass is 696 g/mol. The fourth-order valence-electron chi connectivity index (χ4n) is 4.19. The van der Waals surface area contributed by atoms with E-state index in [-0.39, 0.29) is 23.4 Å². The van der Waals surface area contributed by atoms with Crippen molar-refractivity contribution >= 4 is 23.8 Å². The van der Waals surface area contributed by atoms with Crippen LogP contribution in [-0.4, -0.2) is 67.4 Å². The number of ether oxygens (including phenoxy) is 1. The van der Waals surface area contributed by atoms with Gasteiger partial charge in [0.2, 0.25) is 11.9 Å². The molecule has 18 heteroatoms. The lowest BCUT2D eigenvalue weighted by atomic mass is 10.1. The third-order valence-electron chi connectivity index (χ3n) is 6.42. The number of benzene rings is 2. The SMILES string of the molecule is COC(=O)c1cnc(NCCCc2cccc(O)c2)nc1C(F)(F)F.O=C(O)c1cnc(NCCCc2cccc(O)c2)nc1C(F)(F)F. The molecule has 0 saturated heterocycles. The van der Waals surface area contributed by atoms with Crippen LogP contribution in [0.5, 0.6) is 11.5 Å². The van der Waals surface area contributed by atoms with Crippen molar-refractivity contribution in [1.29, 1.82) is 0 Å². The number of rotatable bonds is 12. The number of anilines is 2. The molecule has 0 atom stereocenters. The minimum absolute atomic E-state index is 0.142. The van der Waals surface area contributed by atoms with Gasteiger partial charge in [0.05, 0.1) is 7.11 Å². The second kappa shape index (κ2) is 16.9. The molecule has 0 radical (unpaired) electrons. The van der Waals surface area contributed by atoms with Crippen molar-refractivity contribution in [1.82, 2.24) is 19.9 Å². The van der Waals surface area contributed by atoms with Crippen LogP contribution in [0.4, 0.5) is 38.2 Å². The Balaban J connectivity index is 0.000000266. The Morgan fingerprint density at radius 3 is 1.55 bits per heavy atom. The van der Waals surface area contributed by atoms with Crippen LogP contribution in [-0.2, 0) is 29.9 Å². The lowest BCUT2D eigenvalue weighted by Crippen LogP contribution is -2.19. The average molecular weight is 697 g/mol. The number of carboxylic acid groups (broad SMARTS) is 1. The molecule has 0 spiro atoms. The number of carbonyl (C=O) groups is 2. The molecule has 0 unspecified atom stereocenters. The maximum atomic E-state index is 13.0. The number of hydrogen-bond acceptors (Lipinski definition) is 11. The highest BCUT2D eigenvalue weighted by Gasteiger charge is 2.39. The maximum Gasteiger partial charge on any atom is 0.434 e. The topological polar surface area (TPSA) is 180 Å².